The third-order valence-corrected chi connectivity index (χ3v) is 3.51. The fourth-order valence-corrected chi connectivity index (χ4v) is 2.08. The van der Waals surface area contributed by atoms with E-state index in [0.717, 1.165) is 18.0 Å². The van der Waals surface area contributed by atoms with Crippen LogP contribution >= 0.6 is 0 Å². The van der Waals surface area contributed by atoms with E-state index in [-0.39, 0.29) is 5.91 Å². The highest BCUT2D eigenvalue weighted by molar-refractivity contribution is 5.82. The molecule has 5 nitrogen and oxygen atoms in total. The van der Waals surface area contributed by atoms with Gasteiger partial charge in [0.1, 0.15) is 6.04 Å². The van der Waals surface area contributed by atoms with Crippen molar-refractivity contribution in [3.63, 3.8) is 0 Å². The zero-order valence-corrected chi connectivity index (χ0v) is 10.6. The fraction of sp³-hybridized carbons (Fsp3) is 0.667. The minimum atomic E-state index is -0.595. The largest absolute Gasteiger partial charge is 0.344 e. The first kappa shape index (κ1) is 12.1. The van der Waals surface area contributed by atoms with Gasteiger partial charge in [-0.3, -0.25) is 9.48 Å². The Kier molecular flexibility index (Phi) is 3.19. The molecule has 0 saturated heterocycles. The van der Waals surface area contributed by atoms with E-state index in [1.807, 2.05) is 14.1 Å². The molecule has 0 bridgehead atoms. The highest BCUT2D eigenvalue weighted by atomic mass is 16.2. The summed E-state index contributed by atoms with van der Waals surface area (Å²) in [5.74, 6) is 1.38. The molecule has 1 aromatic rings. The van der Waals surface area contributed by atoms with Gasteiger partial charge in [0.05, 0.1) is 6.20 Å². The van der Waals surface area contributed by atoms with Crippen LogP contribution in [0.15, 0.2) is 12.4 Å². The monoisotopic (exact) mass is 236 g/mol. The van der Waals surface area contributed by atoms with Crippen LogP contribution in [0.4, 0.5) is 0 Å². The number of aryl methyl sites for hydroxylation is 1. The van der Waals surface area contributed by atoms with Crippen LogP contribution in [0.2, 0.25) is 0 Å². The van der Waals surface area contributed by atoms with Crippen molar-refractivity contribution in [2.24, 2.45) is 24.6 Å². The van der Waals surface area contributed by atoms with E-state index in [4.69, 9.17) is 5.73 Å². The summed E-state index contributed by atoms with van der Waals surface area (Å²) in [6, 6.07) is -0.595. The molecule has 2 rings (SSSR count). The minimum Gasteiger partial charge on any atom is -0.344 e. The van der Waals surface area contributed by atoms with Crippen LogP contribution in [0.25, 0.3) is 0 Å². The van der Waals surface area contributed by atoms with E-state index in [9.17, 15) is 4.79 Å². The molecule has 3 atom stereocenters. The topological polar surface area (TPSA) is 64.2 Å². The Morgan fingerprint density at radius 2 is 2.41 bits per heavy atom. The number of carbonyl (C=O) groups excluding carboxylic acids is 1. The molecule has 1 fully saturated rings. The van der Waals surface area contributed by atoms with E-state index in [2.05, 4.69) is 12.0 Å². The van der Waals surface area contributed by atoms with E-state index in [0.29, 0.717) is 5.92 Å². The quantitative estimate of drug-likeness (QED) is 0.829. The molecule has 94 valence electrons. The summed E-state index contributed by atoms with van der Waals surface area (Å²) in [7, 11) is 3.64. The van der Waals surface area contributed by atoms with Crippen LogP contribution in [-0.2, 0) is 11.8 Å². The number of hydrogen-bond acceptors (Lipinski definition) is 3. The molecule has 2 N–H and O–H groups in total. The van der Waals surface area contributed by atoms with Crippen molar-refractivity contribution in [3.05, 3.63) is 18.0 Å². The van der Waals surface area contributed by atoms with Crippen molar-refractivity contribution in [2.75, 3.05) is 13.6 Å². The smallest absolute Gasteiger partial charge is 0.243 e. The summed E-state index contributed by atoms with van der Waals surface area (Å²) >= 11 is 0. The Balaban J connectivity index is 1.94. The number of rotatable bonds is 4. The van der Waals surface area contributed by atoms with E-state index < -0.39 is 6.04 Å². The lowest BCUT2D eigenvalue weighted by atomic mass is 10.1. The summed E-state index contributed by atoms with van der Waals surface area (Å²) in [5.41, 5.74) is 6.71. The maximum Gasteiger partial charge on any atom is 0.243 e. The Labute approximate surface area is 102 Å². The first-order valence-corrected chi connectivity index (χ1v) is 5.98. The van der Waals surface area contributed by atoms with Crippen LogP contribution in [0, 0.1) is 11.8 Å². The molecule has 5 heteroatoms. The highest BCUT2D eigenvalue weighted by Gasteiger charge is 2.35. The van der Waals surface area contributed by atoms with Crippen molar-refractivity contribution in [1.82, 2.24) is 14.7 Å². The zero-order chi connectivity index (χ0) is 12.6. The Morgan fingerprint density at radius 3 is 2.88 bits per heavy atom. The SMILES string of the molecule is CC1CC1CN(C)C(=O)C(N)c1cnn(C)c1. The molecule has 1 aliphatic carbocycles. The maximum absolute atomic E-state index is 12.1. The van der Waals surface area contributed by atoms with Gasteiger partial charge < -0.3 is 10.6 Å². The molecule has 1 saturated carbocycles. The van der Waals surface area contributed by atoms with Gasteiger partial charge in [0.15, 0.2) is 0 Å². The Bertz CT molecular complexity index is 414. The van der Waals surface area contributed by atoms with E-state index in [1.54, 1.807) is 22.0 Å². The second-order valence-electron chi connectivity index (χ2n) is 5.12. The Hall–Kier alpha value is -1.36. The van der Waals surface area contributed by atoms with Gasteiger partial charge in [-0.1, -0.05) is 6.92 Å². The number of hydrogen-bond donors (Lipinski definition) is 1. The van der Waals surface area contributed by atoms with Gasteiger partial charge in [0.25, 0.3) is 0 Å². The molecule has 0 aliphatic heterocycles. The molecular formula is C12H20N4O. The molecule has 1 heterocycles. The maximum atomic E-state index is 12.1. The lowest BCUT2D eigenvalue weighted by molar-refractivity contribution is -0.131. The third-order valence-electron chi connectivity index (χ3n) is 3.51. The van der Waals surface area contributed by atoms with Crippen molar-refractivity contribution >= 4 is 5.91 Å². The second-order valence-corrected chi connectivity index (χ2v) is 5.12. The number of nitrogens with two attached hydrogens (primary N) is 1. The first-order valence-electron chi connectivity index (χ1n) is 5.98. The summed E-state index contributed by atoms with van der Waals surface area (Å²) in [6.45, 7) is 3.03. The van der Waals surface area contributed by atoms with Gasteiger partial charge >= 0.3 is 0 Å². The van der Waals surface area contributed by atoms with Gasteiger partial charge in [-0.05, 0) is 18.3 Å². The summed E-state index contributed by atoms with van der Waals surface area (Å²) in [5, 5.41) is 4.03. The zero-order valence-electron chi connectivity index (χ0n) is 10.6. The van der Waals surface area contributed by atoms with Crippen LogP contribution in [-0.4, -0.2) is 34.2 Å². The van der Waals surface area contributed by atoms with E-state index in [1.165, 1.54) is 6.42 Å². The van der Waals surface area contributed by atoms with Gasteiger partial charge in [-0.25, -0.2) is 0 Å². The summed E-state index contributed by atoms with van der Waals surface area (Å²) in [6.07, 6.45) is 4.66. The highest BCUT2D eigenvalue weighted by Crippen LogP contribution is 2.38. The van der Waals surface area contributed by atoms with Gasteiger partial charge in [0, 0.05) is 32.4 Å². The number of nitrogens with zero attached hydrogens (tertiary/aromatic N) is 3. The molecule has 0 aromatic carbocycles. The molecular weight excluding hydrogens is 216 g/mol. The summed E-state index contributed by atoms with van der Waals surface area (Å²) in [4.78, 5) is 13.8. The van der Waals surface area contributed by atoms with Gasteiger partial charge in [-0.2, -0.15) is 5.10 Å². The van der Waals surface area contributed by atoms with Crippen molar-refractivity contribution < 1.29 is 4.79 Å². The molecule has 0 spiro atoms. The normalized spacial score (nSPS) is 24.5. The second kappa shape index (κ2) is 4.49. The van der Waals surface area contributed by atoms with Crippen molar-refractivity contribution in [3.8, 4) is 0 Å². The molecule has 1 amide bonds. The molecule has 17 heavy (non-hydrogen) atoms. The number of carbonyl (C=O) groups is 1. The fourth-order valence-electron chi connectivity index (χ4n) is 2.08. The van der Waals surface area contributed by atoms with Crippen LogP contribution in [0.5, 0.6) is 0 Å². The average molecular weight is 236 g/mol. The average Bonchev–Trinajstić information content (AvgIpc) is 2.79. The number of amides is 1. The third kappa shape index (κ3) is 2.66. The molecule has 0 radical (unpaired) electrons. The van der Waals surface area contributed by atoms with E-state index >= 15 is 0 Å². The predicted molar refractivity (Wildman–Crippen MR) is 65.0 cm³/mol. The van der Waals surface area contributed by atoms with Crippen molar-refractivity contribution in [1.29, 1.82) is 0 Å². The summed E-state index contributed by atoms with van der Waals surface area (Å²) < 4.78 is 1.66. The molecule has 1 aliphatic rings. The molecule has 1 aromatic heterocycles. The molecule has 3 unspecified atom stereocenters. The first-order chi connectivity index (χ1) is 7.99. The van der Waals surface area contributed by atoms with Crippen molar-refractivity contribution in [2.45, 2.75) is 19.4 Å². The van der Waals surface area contributed by atoms with Gasteiger partial charge in [0.2, 0.25) is 5.91 Å². The number of likely N-dealkylation sites (N-methyl/N-ethyl adjacent to an activating group) is 1. The van der Waals surface area contributed by atoms with Gasteiger partial charge in [-0.15, -0.1) is 0 Å². The van der Waals surface area contributed by atoms with Crippen LogP contribution < -0.4 is 5.73 Å². The minimum absolute atomic E-state index is 0.0305. The lowest BCUT2D eigenvalue weighted by Gasteiger charge is -2.20. The van der Waals surface area contributed by atoms with Crippen LogP contribution in [0.3, 0.4) is 0 Å². The number of aromatic nitrogens is 2. The van der Waals surface area contributed by atoms with Crippen LogP contribution in [0.1, 0.15) is 24.9 Å². The lowest BCUT2D eigenvalue weighted by Crippen LogP contribution is -2.37. The standard InChI is InChI=1S/C12H20N4O/c1-8-4-9(8)6-15(2)12(17)11(13)10-5-14-16(3)7-10/h5,7-9,11H,4,6,13H2,1-3H3. The predicted octanol–water partition coefficient (Wildman–Crippen LogP) is 0.534. The Morgan fingerprint density at radius 1 is 1.76 bits per heavy atom.